The van der Waals surface area contributed by atoms with Gasteiger partial charge in [-0.2, -0.15) is 0 Å². The average Bonchev–Trinajstić information content (AvgIpc) is 2.45. The summed E-state index contributed by atoms with van der Waals surface area (Å²) >= 11 is 0. The number of phenolic OH excluding ortho intramolecular Hbond substituents is 2. The number of hydrogen-bond donors (Lipinski definition) is 2. The number of ether oxygens (including phenoxy) is 2. The Bertz CT molecular complexity index is 583. The minimum absolute atomic E-state index is 0.0659. The third kappa shape index (κ3) is 3.53. The summed E-state index contributed by atoms with van der Waals surface area (Å²) in [6.07, 6.45) is 3.20. The smallest absolute Gasteiger partial charge is 0.204 e. The van der Waals surface area contributed by atoms with E-state index in [-0.39, 0.29) is 40.8 Å². The molecule has 0 aromatic heterocycles. The summed E-state index contributed by atoms with van der Waals surface area (Å²) in [6.45, 7) is 5.75. The van der Waals surface area contributed by atoms with Gasteiger partial charge in [-0.1, -0.05) is 18.6 Å². The van der Waals surface area contributed by atoms with Crippen LogP contribution in [0.15, 0.2) is 11.6 Å². The largest absolute Gasteiger partial charge is 0.504 e. The predicted molar refractivity (Wildman–Crippen MR) is 85.2 cm³/mol. The van der Waals surface area contributed by atoms with Crippen LogP contribution in [0.1, 0.15) is 49.5 Å². The van der Waals surface area contributed by atoms with Crippen molar-refractivity contribution >= 4 is 5.78 Å². The first-order valence-electron chi connectivity index (χ1n) is 7.24. The van der Waals surface area contributed by atoms with E-state index in [1.165, 1.54) is 14.2 Å². The van der Waals surface area contributed by atoms with Crippen molar-refractivity contribution in [3.63, 3.8) is 0 Å². The standard InChI is InChI=1S/C17H24O5/c1-6-7-12(18)13-15(20)17(22-5)14(19)11(16(13)21-4)9-8-10(2)3/h8,19-20H,6-7,9H2,1-5H3. The quantitative estimate of drug-likeness (QED) is 0.594. The summed E-state index contributed by atoms with van der Waals surface area (Å²) in [4.78, 5) is 12.3. The van der Waals surface area contributed by atoms with Gasteiger partial charge in [-0.25, -0.2) is 0 Å². The Morgan fingerprint density at radius 3 is 2.14 bits per heavy atom. The molecule has 2 N–H and O–H groups in total. The highest BCUT2D eigenvalue weighted by Gasteiger charge is 2.28. The molecule has 5 nitrogen and oxygen atoms in total. The number of rotatable bonds is 7. The Balaban J connectivity index is 3.64. The first kappa shape index (κ1) is 17.9. The van der Waals surface area contributed by atoms with Crippen LogP contribution in [0.4, 0.5) is 0 Å². The van der Waals surface area contributed by atoms with Crippen LogP contribution in [0.3, 0.4) is 0 Å². The monoisotopic (exact) mass is 308 g/mol. The second-order valence-corrected chi connectivity index (χ2v) is 5.28. The molecule has 22 heavy (non-hydrogen) atoms. The van der Waals surface area contributed by atoms with Crippen LogP contribution in [0, 0.1) is 0 Å². The Labute approximate surface area is 131 Å². The summed E-state index contributed by atoms with van der Waals surface area (Å²) in [5.74, 6) is -0.726. The molecule has 0 amide bonds. The van der Waals surface area contributed by atoms with E-state index in [2.05, 4.69) is 0 Å². The predicted octanol–water partition coefficient (Wildman–Crippen LogP) is 3.61. The molecule has 1 aromatic rings. The first-order chi connectivity index (χ1) is 10.4. The van der Waals surface area contributed by atoms with Crippen molar-refractivity contribution in [1.29, 1.82) is 0 Å². The lowest BCUT2D eigenvalue weighted by molar-refractivity contribution is 0.0975. The van der Waals surface area contributed by atoms with Gasteiger partial charge in [-0.15, -0.1) is 0 Å². The number of phenols is 2. The van der Waals surface area contributed by atoms with E-state index in [1.54, 1.807) is 0 Å². The Morgan fingerprint density at radius 1 is 1.09 bits per heavy atom. The number of carbonyl (C=O) groups excluding carboxylic acids is 1. The third-order valence-electron chi connectivity index (χ3n) is 3.33. The Morgan fingerprint density at radius 2 is 1.68 bits per heavy atom. The fourth-order valence-corrected chi connectivity index (χ4v) is 2.25. The van der Waals surface area contributed by atoms with Gasteiger partial charge in [0, 0.05) is 12.0 Å². The highest BCUT2D eigenvalue weighted by atomic mass is 16.5. The number of benzene rings is 1. The molecule has 0 bridgehead atoms. The average molecular weight is 308 g/mol. The molecule has 0 aliphatic carbocycles. The highest BCUT2D eigenvalue weighted by molar-refractivity contribution is 6.03. The Kier molecular flexibility index (Phi) is 6.28. The van der Waals surface area contributed by atoms with E-state index in [1.807, 2.05) is 26.8 Å². The molecular formula is C17H24O5. The Hall–Kier alpha value is -2.17. The van der Waals surface area contributed by atoms with Crippen molar-refractivity contribution in [2.24, 2.45) is 0 Å². The SMILES string of the molecule is CCCC(=O)c1c(O)c(OC)c(O)c(CC=C(C)C)c1OC. The lowest BCUT2D eigenvalue weighted by atomic mass is 9.97. The van der Waals surface area contributed by atoms with Crippen LogP contribution >= 0.6 is 0 Å². The van der Waals surface area contributed by atoms with Gasteiger partial charge in [0.05, 0.1) is 14.2 Å². The van der Waals surface area contributed by atoms with E-state index in [9.17, 15) is 15.0 Å². The van der Waals surface area contributed by atoms with Gasteiger partial charge in [0.15, 0.2) is 17.3 Å². The lowest BCUT2D eigenvalue weighted by Crippen LogP contribution is -2.07. The number of carbonyl (C=O) groups is 1. The zero-order valence-corrected chi connectivity index (χ0v) is 13.8. The molecule has 0 radical (unpaired) electrons. The lowest BCUT2D eigenvalue weighted by Gasteiger charge is -2.18. The maximum Gasteiger partial charge on any atom is 0.204 e. The van der Waals surface area contributed by atoms with Crippen LogP contribution in [-0.4, -0.2) is 30.2 Å². The second kappa shape index (κ2) is 7.73. The molecule has 0 unspecified atom stereocenters. The van der Waals surface area contributed by atoms with E-state index >= 15 is 0 Å². The first-order valence-corrected chi connectivity index (χ1v) is 7.24. The topological polar surface area (TPSA) is 76.0 Å². The molecule has 1 rings (SSSR count). The normalized spacial score (nSPS) is 10.2. The maximum absolute atomic E-state index is 12.3. The molecule has 0 heterocycles. The molecular weight excluding hydrogens is 284 g/mol. The minimum Gasteiger partial charge on any atom is -0.504 e. The fourth-order valence-electron chi connectivity index (χ4n) is 2.25. The highest BCUT2D eigenvalue weighted by Crippen LogP contribution is 2.48. The number of methoxy groups -OCH3 is 2. The van der Waals surface area contributed by atoms with Crippen molar-refractivity contribution in [3.8, 4) is 23.0 Å². The third-order valence-corrected chi connectivity index (χ3v) is 3.33. The molecule has 0 aliphatic heterocycles. The van der Waals surface area contributed by atoms with Crippen molar-refractivity contribution in [1.82, 2.24) is 0 Å². The summed E-state index contributed by atoms with van der Waals surface area (Å²) in [5, 5.41) is 20.6. The second-order valence-electron chi connectivity index (χ2n) is 5.28. The minimum atomic E-state index is -0.378. The van der Waals surface area contributed by atoms with Gasteiger partial charge in [-0.05, 0) is 26.7 Å². The van der Waals surface area contributed by atoms with Crippen LogP contribution in [0.25, 0.3) is 0 Å². The van der Waals surface area contributed by atoms with Crippen molar-refractivity contribution in [2.45, 2.75) is 40.0 Å². The van der Waals surface area contributed by atoms with Crippen LogP contribution in [0.2, 0.25) is 0 Å². The van der Waals surface area contributed by atoms with Gasteiger partial charge in [-0.3, -0.25) is 4.79 Å². The fraction of sp³-hybridized carbons (Fsp3) is 0.471. The molecule has 122 valence electrons. The molecule has 0 saturated heterocycles. The molecule has 0 spiro atoms. The zero-order valence-electron chi connectivity index (χ0n) is 13.8. The van der Waals surface area contributed by atoms with E-state index in [0.717, 1.165) is 5.57 Å². The molecule has 0 fully saturated rings. The number of Topliss-reactive ketones (excluding diaryl/α,β-unsaturated/α-hetero) is 1. The maximum atomic E-state index is 12.3. The van der Waals surface area contributed by atoms with Gasteiger partial charge >= 0.3 is 0 Å². The van der Waals surface area contributed by atoms with E-state index < -0.39 is 0 Å². The van der Waals surface area contributed by atoms with E-state index in [4.69, 9.17) is 9.47 Å². The summed E-state index contributed by atoms with van der Waals surface area (Å²) in [6, 6.07) is 0. The van der Waals surface area contributed by atoms with Crippen molar-refractivity contribution in [2.75, 3.05) is 14.2 Å². The van der Waals surface area contributed by atoms with Crippen LogP contribution in [0.5, 0.6) is 23.0 Å². The number of hydrogen-bond acceptors (Lipinski definition) is 5. The van der Waals surface area contributed by atoms with Gasteiger partial charge < -0.3 is 19.7 Å². The molecule has 0 atom stereocenters. The summed E-state index contributed by atoms with van der Waals surface area (Å²) in [5.41, 5.74) is 1.56. The van der Waals surface area contributed by atoms with Crippen LogP contribution in [-0.2, 0) is 6.42 Å². The molecule has 5 heteroatoms. The van der Waals surface area contributed by atoms with Crippen LogP contribution < -0.4 is 9.47 Å². The summed E-state index contributed by atoms with van der Waals surface area (Å²) in [7, 11) is 2.75. The van der Waals surface area contributed by atoms with Gasteiger partial charge in [0.25, 0.3) is 0 Å². The van der Waals surface area contributed by atoms with Crippen molar-refractivity contribution in [3.05, 3.63) is 22.8 Å². The number of aromatic hydroxyl groups is 2. The molecule has 1 aromatic carbocycles. The number of allylic oxidation sites excluding steroid dienone is 2. The molecule has 0 aliphatic rings. The summed E-state index contributed by atoms with van der Waals surface area (Å²) < 4.78 is 10.4. The zero-order chi connectivity index (χ0) is 16.9. The molecule has 0 saturated carbocycles. The van der Waals surface area contributed by atoms with Gasteiger partial charge in [0.1, 0.15) is 11.3 Å². The van der Waals surface area contributed by atoms with Crippen molar-refractivity contribution < 1.29 is 24.5 Å². The van der Waals surface area contributed by atoms with E-state index in [0.29, 0.717) is 18.4 Å². The van der Waals surface area contributed by atoms with Gasteiger partial charge in [0.2, 0.25) is 5.75 Å². The number of ketones is 1.